The molecule has 0 radical (unpaired) electrons. The van der Waals surface area contributed by atoms with E-state index in [1.54, 1.807) is 30.3 Å². The van der Waals surface area contributed by atoms with Gasteiger partial charge in [0.15, 0.2) is 0 Å². The van der Waals surface area contributed by atoms with E-state index in [1.165, 1.54) is 19.2 Å². The minimum Gasteiger partial charge on any atom is -0.496 e. The first kappa shape index (κ1) is 14.4. The Labute approximate surface area is 122 Å². The Morgan fingerprint density at radius 2 is 1.95 bits per heavy atom. The molecule has 2 aromatic rings. The van der Waals surface area contributed by atoms with E-state index in [4.69, 9.17) is 19.8 Å². The lowest BCUT2D eigenvalue weighted by Gasteiger charge is -2.11. The van der Waals surface area contributed by atoms with Gasteiger partial charge in [-0.3, -0.25) is 0 Å². The summed E-state index contributed by atoms with van der Waals surface area (Å²) >= 11 is 0. The van der Waals surface area contributed by atoms with Crippen molar-refractivity contribution in [2.24, 2.45) is 0 Å². The smallest absolute Gasteiger partial charge is 0.335 e. The second-order valence-corrected chi connectivity index (χ2v) is 4.26. The summed E-state index contributed by atoms with van der Waals surface area (Å²) in [4.78, 5) is 11.0. The Kier molecular flexibility index (Phi) is 4.42. The maximum Gasteiger partial charge on any atom is 0.335 e. The van der Waals surface area contributed by atoms with E-state index in [0.717, 1.165) is 0 Å². The molecule has 0 aliphatic carbocycles. The zero-order chi connectivity index (χ0) is 15.2. The van der Waals surface area contributed by atoms with Crippen LogP contribution >= 0.6 is 0 Å². The third-order valence-electron chi connectivity index (χ3n) is 2.91. The lowest BCUT2D eigenvalue weighted by molar-refractivity contribution is 0.0696. The largest absolute Gasteiger partial charge is 0.496 e. The lowest BCUT2D eigenvalue weighted by atomic mass is 10.1. The molecule has 0 unspecified atom stereocenters. The first-order valence-corrected chi connectivity index (χ1v) is 6.17. The van der Waals surface area contributed by atoms with Gasteiger partial charge in [0.25, 0.3) is 0 Å². The fourth-order valence-electron chi connectivity index (χ4n) is 1.81. The maximum atomic E-state index is 11.0. The predicted molar refractivity (Wildman–Crippen MR) is 75.4 cm³/mol. The van der Waals surface area contributed by atoms with Crippen molar-refractivity contribution in [1.82, 2.24) is 0 Å². The van der Waals surface area contributed by atoms with Crippen molar-refractivity contribution in [3.8, 4) is 17.6 Å². The van der Waals surface area contributed by atoms with E-state index in [0.29, 0.717) is 22.6 Å². The summed E-state index contributed by atoms with van der Waals surface area (Å²) in [5.41, 5.74) is 1.36. The molecule has 1 N–H and O–H groups in total. The highest BCUT2D eigenvalue weighted by Gasteiger charge is 2.09. The molecule has 5 nitrogen and oxygen atoms in total. The molecule has 2 aromatic carbocycles. The summed E-state index contributed by atoms with van der Waals surface area (Å²) in [6.45, 7) is 0.177. The third kappa shape index (κ3) is 3.51. The van der Waals surface area contributed by atoms with E-state index in [9.17, 15) is 4.79 Å². The van der Waals surface area contributed by atoms with Crippen molar-refractivity contribution in [2.45, 2.75) is 6.61 Å². The quantitative estimate of drug-likeness (QED) is 0.912. The summed E-state index contributed by atoms with van der Waals surface area (Å²) in [5.74, 6) is 0.155. The number of hydrogen-bond donors (Lipinski definition) is 1. The number of carboxylic acids is 1. The molecule has 0 bridgehead atoms. The standard InChI is InChI=1S/C16H13NO4/c1-20-15-7-4-12(16(18)19)8-13(15)10-21-14-5-2-11(9-17)3-6-14/h2-8H,10H2,1H3,(H,18,19). The molecular formula is C16H13NO4. The van der Waals surface area contributed by atoms with Gasteiger partial charge in [0, 0.05) is 5.56 Å². The molecule has 0 saturated carbocycles. The Hall–Kier alpha value is -3.00. The van der Waals surface area contributed by atoms with Crippen LogP contribution < -0.4 is 9.47 Å². The maximum absolute atomic E-state index is 11.0. The van der Waals surface area contributed by atoms with Crippen molar-refractivity contribution < 1.29 is 19.4 Å². The van der Waals surface area contributed by atoms with Gasteiger partial charge >= 0.3 is 5.97 Å². The van der Waals surface area contributed by atoms with Crippen LogP contribution in [0.4, 0.5) is 0 Å². The molecule has 0 aliphatic rings. The highest BCUT2D eigenvalue weighted by atomic mass is 16.5. The van der Waals surface area contributed by atoms with Crippen LogP contribution in [-0.2, 0) is 6.61 Å². The van der Waals surface area contributed by atoms with Crippen molar-refractivity contribution in [3.05, 3.63) is 59.2 Å². The van der Waals surface area contributed by atoms with Crippen molar-refractivity contribution in [2.75, 3.05) is 7.11 Å². The molecule has 0 saturated heterocycles. The second-order valence-electron chi connectivity index (χ2n) is 4.26. The Balaban J connectivity index is 2.16. The average molecular weight is 283 g/mol. The molecule has 21 heavy (non-hydrogen) atoms. The summed E-state index contributed by atoms with van der Waals surface area (Å²) in [6.07, 6.45) is 0. The summed E-state index contributed by atoms with van der Waals surface area (Å²) in [6, 6.07) is 13.3. The fraction of sp³-hybridized carbons (Fsp3) is 0.125. The van der Waals surface area contributed by atoms with Crippen LogP contribution in [-0.4, -0.2) is 18.2 Å². The van der Waals surface area contributed by atoms with E-state index in [1.807, 2.05) is 6.07 Å². The summed E-state index contributed by atoms with van der Waals surface area (Å²) in [7, 11) is 1.51. The molecule has 0 aliphatic heterocycles. The number of ether oxygens (including phenoxy) is 2. The number of nitriles is 1. The number of carboxylic acid groups (broad SMARTS) is 1. The molecule has 0 atom stereocenters. The van der Waals surface area contributed by atoms with Crippen LogP contribution in [0.1, 0.15) is 21.5 Å². The van der Waals surface area contributed by atoms with E-state index >= 15 is 0 Å². The minimum absolute atomic E-state index is 0.175. The van der Waals surface area contributed by atoms with Gasteiger partial charge in [0.2, 0.25) is 0 Å². The van der Waals surface area contributed by atoms with Crippen LogP contribution in [0.2, 0.25) is 0 Å². The highest BCUT2D eigenvalue weighted by Crippen LogP contribution is 2.22. The zero-order valence-electron chi connectivity index (χ0n) is 11.4. The molecule has 106 valence electrons. The fourth-order valence-corrected chi connectivity index (χ4v) is 1.81. The van der Waals surface area contributed by atoms with Crippen molar-refractivity contribution >= 4 is 5.97 Å². The van der Waals surface area contributed by atoms with E-state index in [2.05, 4.69) is 0 Å². The van der Waals surface area contributed by atoms with E-state index in [-0.39, 0.29) is 12.2 Å². The average Bonchev–Trinajstić information content (AvgIpc) is 2.53. The van der Waals surface area contributed by atoms with Crippen LogP contribution in [0.3, 0.4) is 0 Å². The third-order valence-corrected chi connectivity index (χ3v) is 2.91. The minimum atomic E-state index is -1.00. The normalized spacial score (nSPS) is 9.71. The van der Waals surface area contributed by atoms with Crippen LogP contribution in [0.15, 0.2) is 42.5 Å². The number of aromatic carboxylic acids is 1. The van der Waals surface area contributed by atoms with Gasteiger partial charge in [-0.25, -0.2) is 4.79 Å². The number of nitrogens with zero attached hydrogens (tertiary/aromatic N) is 1. The van der Waals surface area contributed by atoms with Gasteiger partial charge in [-0.05, 0) is 42.5 Å². The first-order chi connectivity index (χ1) is 10.1. The SMILES string of the molecule is COc1ccc(C(=O)O)cc1COc1ccc(C#N)cc1. The first-order valence-electron chi connectivity index (χ1n) is 6.17. The van der Waals surface area contributed by atoms with Crippen LogP contribution in [0, 0.1) is 11.3 Å². The zero-order valence-corrected chi connectivity index (χ0v) is 11.4. The Morgan fingerprint density at radius 1 is 1.24 bits per heavy atom. The summed E-state index contributed by atoms with van der Waals surface area (Å²) < 4.78 is 10.8. The number of methoxy groups -OCH3 is 1. The molecule has 0 fully saturated rings. The van der Waals surface area contributed by atoms with Gasteiger partial charge in [0.1, 0.15) is 18.1 Å². The van der Waals surface area contributed by atoms with Crippen LogP contribution in [0.25, 0.3) is 0 Å². The molecule has 5 heteroatoms. The topological polar surface area (TPSA) is 79.6 Å². The van der Waals surface area contributed by atoms with Gasteiger partial charge in [-0.2, -0.15) is 5.26 Å². The van der Waals surface area contributed by atoms with Gasteiger partial charge in [-0.1, -0.05) is 0 Å². The van der Waals surface area contributed by atoms with Crippen LogP contribution in [0.5, 0.6) is 11.5 Å². The van der Waals surface area contributed by atoms with Gasteiger partial charge in [0.05, 0.1) is 24.3 Å². The number of benzene rings is 2. The highest BCUT2D eigenvalue weighted by molar-refractivity contribution is 5.88. The molecule has 0 aromatic heterocycles. The number of rotatable bonds is 5. The Bertz CT molecular complexity index is 686. The van der Waals surface area contributed by atoms with Gasteiger partial charge in [-0.15, -0.1) is 0 Å². The lowest BCUT2D eigenvalue weighted by Crippen LogP contribution is -2.03. The second kappa shape index (κ2) is 6.44. The van der Waals surface area contributed by atoms with Crippen molar-refractivity contribution in [1.29, 1.82) is 5.26 Å². The predicted octanol–water partition coefficient (Wildman–Crippen LogP) is 2.84. The molecule has 0 heterocycles. The van der Waals surface area contributed by atoms with Crippen molar-refractivity contribution in [3.63, 3.8) is 0 Å². The molecule has 2 rings (SSSR count). The van der Waals surface area contributed by atoms with Gasteiger partial charge < -0.3 is 14.6 Å². The monoisotopic (exact) mass is 283 g/mol. The molecular weight excluding hydrogens is 270 g/mol. The molecule has 0 amide bonds. The number of hydrogen-bond acceptors (Lipinski definition) is 4. The van der Waals surface area contributed by atoms with E-state index < -0.39 is 5.97 Å². The molecule has 0 spiro atoms. The number of carbonyl (C=O) groups is 1. The Morgan fingerprint density at radius 3 is 2.52 bits per heavy atom. The summed E-state index contributed by atoms with van der Waals surface area (Å²) in [5, 5.41) is 17.7.